The molecule has 0 bridgehead atoms. The predicted molar refractivity (Wildman–Crippen MR) is 65.5 cm³/mol. The van der Waals surface area contributed by atoms with E-state index in [0.29, 0.717) is 0 Å². The summed E-state index contributed by atoms with van der Waals surface area (Å²) in [6.07, 6.45) is -8.72. The molecule has 0 radical (unpaired) electrons. The van der Waals surface area contributed by atoms with E-state index >= 15 is 0 Å². The Morgan fingerprint density at radius 2 is 1.35 bits per heavy atom. The summed E-state index contributed by atoms with van der Waals surface area (Å²) in [5.74, 6) is -19.0. The molecule has 0 spiro atoms. The third-order valence-corrected chi connectivity index (χ3v) is 3.62. The lowest BCUT2D eigenvalue weighted by Gasteiger charge is -2.35. The topological polar surface area (TPSA) is 12.5 Å². The van der Waals surface area contributed by atoms with E-state index in [-0.39, 0.29) is 32.8 Å². The van der Waals surface area contributed by atoms with E-state index in [9.17, 15) is 39.5 Å². The van der Waals surface area contributed by atoms with Crippen LogP contribution in [0.5, 0.6) is 0 Å². The summed E-state index contributed by atoms with van der Waals surface area (Å²) in [5, 5.41) is -1.52. The van der Waals surface area contributed by atoms with E-state index in [0.717, 1.165) is 0 Å². The highest BCUT2D eigenvalue weighted by atomic mass is 32.1. The molecule has 12 heteroatoms. The SMILES string of the molecule is FC(F)(F)C(F)(F)C(F)(F)C(F)(F)CC(S)CN1CCOCC1. The third-order valence-electron chi connectivity index (χ3n) is 3.27. The highest BCUT2D eigenvalue weighted by Crippen LogP contribution is 2.54. The molecular weight excluding hydrogens is 365 g/mol. The highest BCUT2D eigenvalue weighted by molar-refractivity contribution is 7.81. The Labute approximate surface area is 131 Å². The molecule has 1 fully saturated rings. The van der Waals surface area contributed by atoms with Gasteiger partial charge in [0.2, 0.25) is 0 Å². The van der Waals surface area contributed by atoms with Crippen molar-refractivity contribution in [2.24, 2.45) is 0 Å². The fraction of sp³-hybridized carbons (Fsp3) is 1.00. The molecule has 0 N–H and O–H groups in total. The van der Waals surface area contributed by atoms with E-state index in [4.69, 9.17) is 4.74 Å². The zero-order valence-electron chi connectivity index (χ0n) is 11.5. The fourth-order valence-corrected chi connectivity index (χ4v) is 2.44. The second kappa shape index (κ2) is 6.87. The molecule has 0 amide bonds. The maximum Gasteiger partial charge on any atom is 0.460 e. The van der Waals surface area contributed by atoms with Crippen molar-refractivity contribution >= 4 is 12.6 Å². The van der Waals surface area contributed by atoms with Crippen LogP contribution >= 0.6 is 12.6 Å². The first-order chi connectivity index (χ1) is 10.2. The van der Waals surface area contributed by atoms with Crippen LogP contribution < -0.4 is 0 Å². The van der Waals surface area contributed by atoms with Crippen LogP contribution in [0.3, 0.4) is 0 Å². The van der Waals surface area contributed by atoms with Crippen molar-refractivity contribution in [2.75, 3.05) is 32.8 Å². The van der Waals surface area contributed by atoms with E-state index < -0.39 is 35.6 Å². The number of nitrogens with zero attached hydrogens (tertiary/aromatic N) is 1. The number of halogens is 9. The van der Waals surface area contributed by atoms with Crippen LogP contribution in [0.4, 0.5) is 39.5 Å². The zero-order chi connectivity index (χ0) is 18.1. The number of hydrogen-bond donors (Lipinski definition) is 1. The first-order valence-corrected chi connectivity index (χ1v) is 6.92. The van der Waals surface area contributed by atoms with Gasteiger partial charge in [0.15, 0.2) is 0 Å². The van der Waals surface area contributed by atoms with Crippen LogP contribution in [0.15, 0.2) is 0 Å². The summed E-state index contributed by atoms with van der Waals surface area (Å²) in [4.78, 5) is 1.51. The predicted octanol–water partition coefficient (Wildman–Crippen LogP) is 3.48. The van der Waals surface area contributed by atoms with Gasteiger partial charge in [-0.3, -0.25) is 4.90 Å². The van der Waals surface area contributed by atoms with Crippen molar-refractivity contribution in [2.45, 2.75) is 35.6 Å². The van der Waals surface area contributed by atoms with Gasteiger partial charge in [-0.25, -0.2) is 0 Å². The smallest absolute Gasteiger partial charge is 0.379 e. The van der Waals surface area contributed by atoms with Crippen molar-refractivity contribution in [1.82, 2.24) is 4.90 Å². The molecule has 0 saturated carbocycles. The standard InChI is InChI=1S/C11H14F9NOS/c12-8(13,9(14,15)10(16,17)11(18,19)20)5-7(23)6-21-1-3-22-4-2-21/h7,23H,1-6H2. The van der Waals surface area contributed by atoms with Crippen molar-refractivity contribution in [3.05, 3.63) is 0 Å². The first kappa shape index (κ1) is 20.7. The molecule has 0 aliphatic carbocycles. The van der Waals surface area contributed by atoms with Gasteiger partial charge in [0.1, 0.15) is 0 Å². The van der Waals surface area contributed by atoms with Crippen LogP contribution in [0.2, 0.25) is 0 Å². The Morgan fingerprint density at radius 3 is 1.78 bits per heavy atom. The van der Waals surface area contributed by atoms with Crippen LogP contribution in [-0.4, -0.2) is 66.9 Å². The number of ether oxygens (including phenoxy) is 1. The molecule has 0 aromatic rings. The van der Waals surface area contributed by atoms with Crippen LogP contribution in [0.25, 0.3) is 0 Å². The second-order valence-corrected chi connectivity index (χ2v) is 5.85. The molecule has 1 atom stereocenters. The number of alkyl halides is 9. The molecule has 1 aliphatic rings. The van der Waals surface area contributed by atoms with Gasteiger partial charge < -0.3 is 4.74 Å². The Hall–Kier alpha value is -0.360. The lowest BCUT2D eigenvalue weighted by molar-refractivity contribution is -0.396. The molecule has 2 nitrogen and oxygen atoms in total. The Bertz CT molecular complexity index is 395. The lowest BCUT2D eigenvalue weighted by Crippen LogP contribution is -2.61. The Kier molecular flexibility index (Phi) is 6.18. The van der Waals surface area contributed by atoms with Crippen molar-refractivity contribution in [3.8, 4) is 0 Å². The number of hydrogen-bond acceptors (Lipinski definition) is 3. The van der Waals surface area contributed by atoms with Crippen molar-refractivity contribution in [1.29, 1.82) is 0 Å². The Morgan fingerprint density at radius 1 is 0.870 bits per heavy atom. The maximum absolute atomic E-state index is 13.4. The van der Waals surface area contributed by atoms with Gasteiger partial charge in [-0.05, 0) is 0 Å². The third kappa shape index (κ3) is 4.38. The van der Waals surface area contributed by atoms with Gasteiger partial charge in [-0.1, -0.05) is 0 Å². The fourth-order valence-electron chi connectivity index (χ4n) is 1.98. The highest BCUT2D eigenvalue weighted by Gasteiger charge is 2.81. The second-order valence-electron chi connectivity index (χ2n) is 5.12. The summed E-state index contributed by atoms with van der Waals surface area (Å²) in [6.45, 7) is 0.837. The summed E-state index contributed by atoms with van der Waals surface area (Å²) in [7, 11) is 0. The average Bonchev–Trinajstić information content (AvgIpc) is 2.37. The van der Waals surface area contributed by atoms with Gasteiger partial charge in [0, 0.05) is 31.3 Å². The van der Waals surface area contributed by atoms with Crippen molar-refractivity contribution in [3.63, 3.8) is 0 Å². The minimum Gasteiger partial charge on any atom is -0.379 e. The molecule has 23 heavy (non-hydrogen) atoms. The van der Waals surface area contributed by atoms with E-state index in [1.807, 2.05) is 0 Å². The minimum atomic E-state index is -6.85. The van der Waals surface area contributed by atoms with E-state index in [1.54, 1.807) is 0 Å². The Balaban J connectivity index is 2.79. The monoisotopic (exact) mass is 379 g/mol. The average molecular weight is 379 g/mol. The quantitative estimate of drug-likeness (QED) is 0.561. The molecule has 1 heterocycles. The number of thiol groups is 1. The largest absolute Gasteiger partial charge is 0.460 e. The summed E-state index contributed by atoms with van der Waals surface area (Å²) in [6, 6.07) is 0. The molecule has 1 rings (SSSR count). The molecule has 1 saturated heterocycles. The van der Waals surface area contributed by atoms with Gasteiger partial charge >= 0.3 is 23.9 Å². The molecule has 1 unspecified atom stereocenters. The maximum atomic E-state index is 13.4. The molecule has 0 aromatic carbocycles. The normalized spacial score (nSPS) is 20.6. The number of morpholine rings is 1. The van der Waals surface area contributed by atoms with E-state index in [1.165, 1.54) is 4.90 Å². The molecule has 0 aromatic heterocycles. The van der Waals surface area contributed by atoms with Gasteiger partial charge in [0.25, 0.3) is 0 Å². The number of rotatable bonds is 6. The lowest BCUT2D eigenvalue weighted by atomic mass is 9.99. The van der Waals surface area contributed by atoms with Crippen LogP contribution in [0, 0.1) is 0 Å². The van der Waals surface area contributed by atoms with Crippen molar-refractivity contribution < 1.29 is 44.3 Å². The van der Waals surface area contributed by atoms with Gasteiger partial charge in [-0.2, -0.15) is 52.1 Å². The zero-order valence-corrected chi connectivity index (χ0v) is 12.4. The molecule has 1 aliphatic heterocycles. The van der Waals surface area contributed by atoms with Crippen LogP contribution in [0.1, 0.15) is 6.42 Å². The summed E-state index contributed by atoms with van der Waals surface area (Å²) >= 11 is 3.61. The molecule has 138 valence electrons. The van der Waals surface area contributed by atoms with Gasteiger partial charge in [0.05, 0.1) is 13.2 Å². The van der Waals surface area contributed by atoms with Gasteiger partial charge in [-0.15, -0.1) is 0 Å². The first-order valence-electron chi connectivity index (χ1n) is 6.41. The summed E-state index contributed by atoms with van der Waals surface area (Å²) in [5.41, 5.74) is 0. The minimum absolute atomic E-state index is 0.263. The van der Waals surface area contributed by atoms with Crippen LogP contribution in [-0.2, 0) is 4.74 Å². The molecular formula is C11H14F9NOS. The summed E-state index contributed by atoms with van der Waals surface area (Å²) < 4.78 is 119. The van der Waals surface area contributed by atoms with E-state index in [2.05, 4.69) is 12.6 Å².